The summed E-state index contributed by atoms with van der Waals surface area (Å²) in [5.41, 5.74) is 2.93. The highest BCUT2D eigenvalue weighted by molar-refractivity contribution is 5.66. The van der Waals surface area contributed by atoms with Crippen LogP contribution in [0.1, 0.15) is 58.1 Å². The van der Waals surface area contributed by atoms with Crippen LogP contribution in [0.3, 0.4) is 0 Å². The summed E-state index contributed by atoms with van der Waals surface area (Å²) in [4.78, 5) is 11.5. The van der Waals surface area contributed by atoms with Gasteiger partial charge in [-0.25, -0.2) is 0 Å². The number of hydrogen-bond donors (Lipinski definition) is 2. The summed E-state index contributed by atoms with van der Waals surface area (Å²) < 4.78 is 5.51. The molecular weight excluding hydrogens is 362 g/mol. The largest absolute Gasteiger partial charge is 0.458 e. The van der Waals surface area contributed by atoms with Crippen molar-refractivity contribution in [2.75, 3.05) is 6.54 Å². The van der Waals surface area contributed by atoms with Crippen LogP contribution < -0.4 is 5.32 Å². The number of benzene rings is 1. The number of esters is 1. The zero-order valence-electron chi connectivity index (χ0n) is 18.6. The van der Waals surface area contributed by atoms with Gasteiger partial charge in [0.1, 0.15) is 6.10 Å². The van der Waals surface area contributed by atoms with Gasteiger partial charge in [-0.05, 0) is 67.7 Å². The van der Waals surface area contributed by atoms with E-state index in [2.05, 4.69) is 56.4 Å². The molecule has 1 aromatic rings. The van der Waals surface area contributed by atoms with Gasteiger partial charge in [0.2, 0.25) is 0 Å². The maximum Gasteiger partial charge on any atom is 0.303 e. The number of nitrogens with one attached hydrogen (secondary N) is 1. The minimum absolute atomic E-state index is 0.119. The Bertz CT molecular complexity index is 758. The molecule has 0 aliphatic heterocycles. The normalized spacial score (nSPS) is 32.8. The maximum absolute atomic E-state index is 11.7. The number of aliphatic hydroxyl groups is 1. The van der Waals surface area contributed by atoms with Crippen LogP contribution in [0, 0.1) is 30.6 Å². The highest BCUT2D eigenvalue weighted by atomic mass is 16.5. The lowest BCUT2D eigenvalue weighted by Crippen LogP contribution is -2.56. The number of aryl methyl sites for hydroxylation is 1. The summed E-state index contributed by atoms with van der Waals surface area (Å²) >= 11 is 0. The lowest BCUT2D eigenvalue weighted by molar-refractivity contribution is -0.159. The van der Waals surface area contributed by atoms with E-state index in [0.717, 1.165) is 31.5 Å². The molecular formula is C25H37NO3. The molecule has 0 spiro atoms. The smallest absolute Gasteiger partial charge is 0.303 e. The first-order valence-electron chi connectivity index (χ1n) is 11.1. The SMILES string of the molecule is CC(=O)O[C@@H]1C[C@@]2(O)[C@H](C)CC[C@@H]([C@H](C)CNCc3ccccc3C)[C@H]2C=C1C. The van der Waals surface area contributed by atoms with Crippen LogP contribution in [0.4, 0.5) is 0 Å². The molecule has 6 atom stereocenters. The van der Waals surface area contributed by atoms with Gasteiger partial charge >= 0.3 is 5.97 Å². The molecule has 160 valence electrons. The number of hydrogen-bond acceptors (Lipinski definition) is 4. The molecule has 0 radical (unpaired) electrons. The molecule has 1 aromatic carbocycles. The Kier molecular flexibility index (Phi) is 6.85. The molecule has 0 aromatic heterocycles. The number of fused-ring (bicyclic) bond motifs is 1. The summed E-state index contributed by atoms with van der Waals surface area (Å²) in [5, 5.41) is 15.3. The fourth-order valence-corrected chi connectivity index (χ4v) is 5.39. The lowest BCUT2D eigenvalue weighted by atomic mass is 9.57. The highest BCUT2D eigenvalue weighted by Crippen LogP contribution is 2.51. The molecule has 2 aliphatic rings. The second kappa shape index (κ2) is 9.01. The van der Waals surface area contributed by atoms with E-state index in [1.165, 1.54) is 18.1 Å². The molecule has 2 aliphatic carbocycles. The van der Waals surface area contributed by atoms with Crippen LogP contribution in [0.2, 0.25) is 0 Å². The van der Waals surface area contributed by atoms with Crippen molar-refractivity contribution >= 4 is 5.97 Å². The molecule has 3 rings (SSSR count). The second-order valence-electron chi connectivity index (χ2n) is 9.41. The Morgan fingerprint density at radius 2 is 2.03 bits per heavy atom. The topological polar surface area (TPSA) is 58.6 Å². The third kappa shape index (κ3) is 4.75. The van der Waals surface area contributed by atoms with Crippen LogP contribution in [-0.4, -0.2) is 29.3 Å². The van der Waals surface area contributed by atoms with Gasteiger partial charge in [-0.2, -0.15) is 0 Å². The van der Waals surface area contributed by atoms with E-state index in [0.29, 0.717) is 18.3 Å². The fourth-order valence-electron chi connectivity index (χ4n) is 5.39. The van der Waals surface area contributed by atoms with Crippen molar-refractivity contribution in [1.82, 2.24) is 5.32 Å². The van der Waals surface area contributed by atoms with Crippen molar-refractivity contribution in [3.05, 3.63) is 47.0 Å². The van der Waals surface area contributed by atoms with Gasteiger partial charge in [-0.1, -0.05) is 44.2 Å². The number of carbonyl (C=O) groups excluding carboxylic acids is 1. The number of carbonyl (C=O) groups is 1. The first-order valence-corrected chi connectivity index (χ1v) is 11.1. The fraction of sp³-hybridized carbons (Fsp3) is 0.640. The molecule has 0 heterocycles. The first-order chi connectivity index (χ1) is 13.7. The zero-order valence-corrected chi connectivity index (χ0v) is 18.6. The van der Waals surface area contributed by atoms with Gasteiger partial charge in [-0.3, -0.25) is 4.79 Å². The molecule has 0 amide bonds. The Balaban J connectivity index is 1.70. The van der Waals surface area contributed by atoms with E-state index >= 15 is 0 Å². The zero-order chi connectivity index (χ0) is 21.2. The Hall–Kier alpha value is -1.65. The summed E-state index contributed by atoms with van der Waals surface area (Å²) in [7, 11) is 0. The van der Waals surface area contributed by atoms with Crippen molar-refractivity contribution < 1.29 is 14.6 Å². The monoisotopic (exact) mass is 399 g/mol. The summed E-state index contributed by atoms with van der Waals surface area (Å²) in [6.45, 7) is 11.9. The molecule has 29 heavy (non-hydrogen) atoms. The summed E-state index contributed by atoms with van der Waals surface area (Å²) in [6, 6.07) is 8.49. The van der Waals surface area contributed by atoms with Crippen molar-refractivity contribution in [2.45, 2.75) is 72.1 Å². The van der Waals surface area contributed by atoms with Gasteiger partial charge in [0.25, 0.3) is 0 Å². The van der Waals surface area contributed by atoms with E-state index < -0.39 is 5.60 Å². The van der Waals surface area contributed by atoms with Gasteiger partial charge < -0.3 is 15.2 Å². The molecule has 4 heteroatoms. The van der Waals surface area contributed by atoms with E-state index in [1.807, 2.05) is 6.92 Å². The minimum atomic E-state index is -0.799. The lowest BCUT2D eigenvalue weighted by Gasteiger charge is -2.53. The Morgan fingerprint density at radius 3 is 2.72 bits per heavy atom. The highest BCUT2D eigenvalue weighted by Gasteiger charge is 2.52. The number of ether oxygens (including phenoxy) is 1. The molecule has 1 saturated carbocycles. The predicted octanol–water partition coefficient (Wildman–Crippen LogP) is 4.40. The first kappa shape index (κ1) is 22.0. The molecule has 1 fully saturated rings. The van der Waals surface area contributed by atoms with Crippen molar-refractivity contribution in [2.24, 2.45) is 23.7 Å². The Morgan fingerprint density at radius 1 is 1.31 bits per heavy atom. The standard InChI is InChI=1S/C25H37NO3/c1-16-8-6-7-9-21(16)15-26-14-18(3)22-11-10-19(4)25(28)13-24(29-20(5)27)17(2)12-23(22)25/h6-9,12,18-19,22-24,26,28H,10-11,13-15H2,1-5H3/t18-,19-,22+,23-,24-,25-/m1/s1. The average Bonchev–Trinajstić information content (AvgIpc) is 2.65. The van der Waals surface area contributed by atoms with Gasteiger partial charge in [-0.15, -0.1) is 0 Å². The van der Waals surface area contributed by atoms with E-state index in [9.17, 15) is 9.90 Å². The molecule has 0 unspecified atom stereocenters. The van der Waals surface area contributed by atoms with E-state index in [1.54, 1.807) is 0 Å². The quantitative estimate of drug-likeness (QED) is 0.550. The van der Waals surface area contributed by atoms with Crippen molar-refractivity contribution in [3.8, 4) is 0 Å². The molecule has 0 bridgehead atoms. The van der Waals surface area contributed by atoms with Crippen LogP contribution >= 0.6 is 0 Å². The van der Waals surface area contributed by atoms with Gasteiger partial charge in [0.05, 0.1) is 5.60 Å². The van der Waals surface area contributed by atoms with Crippen LogP contribution in [0.25, 0.3) is 0 Å². The number of rotatable bonds is 6. The third-order valence-corrected chi connectivity index (χ3v) is 7.37. The van der Waals surface area contributed by atoms with Crippen LogP contribution in [-0.2, 0) is 16.1 Å². The van der Waals surface area contributed by atoms with E-state index in [4.69, 9.17) is 4.74 Å². The summed E-state index contributed by atoms with van der Waals surface area (Å²) in [5.74, 6) is 0.927. The second-order valence-corrected chi connectivity index (χ2v) is 9.41. The van der Waals surface area contributed by atoms with Gasteiger partial charge in [0, 0.05) is 25.8 Å². The molecule has 4 nitrogen and oxygen atoms in total. The van der Waals surface area contributed by atoms with Crippen LogP contribution in [0.15, 0.2) is 35.9 Å². The van der Waals surface area contributed by atoms with Crippen LogP contribution in [0.5, 0.6) is 0 Å². The van der Waals surface area contributed by atoms with E-state index in [-0.39, 0.29) is 23.9 Å². The summed E-state index contributed by atoms with van der Waals surface area (Å²) in [6.07, 6.45) is 4.56. The Labute approximate surface area is 175 Å². The van der Waals surface area contributed by atoms with Gasteiger partial charge in [0.15, 0.2) is 0 Å². The third-order valence-electron chi connectivity index (χ3n) is 7.37. The predicted molar refractivity (Wildman–Crippen MR) is 116 cm³/mol. The van der Waals surface area contributed by atoms with Crippen molar-refractivity contribution in [1.29, 1.82) is 0 Å². The average molecular weight is 400 g/mol. The maximum atomic E-state index is 11.7. The van der Waals surface area contributed by atoms with Crippen molar-refractivity contribution in [3.63, 3.8) is 0 Å². The molecule has 0 saturated heterocycles. The minimum Gasteiger partial charge on any atom is -0.458 e. The molecule has 2 N–H and O–H groups in total.